The van der Waals surface area contributed by atoms with Crippen LogP contribution < -0.4 is 19.9 Å². The second-order valence-electron chi connectivity index (χ2n) is 18.4. The van der Waals surface area contributed by atoms with Crippen LogP contribution in [0.3, 0.4) is 0 Å². The van der Waals surface area contributed by atoms with Crippen molar-refractivity contribution in [2.45, 2.75) is 76.9 Å². The lowest BCUT2D eigenvalue weighted by molar-refractivity contribution is -0.136. The highest BCUT2D eigenvalue weighted by molar-refractivity contribution is 6.30. The zero-order valence-electron chi connectivity index (χ0n) is 35.9. The number of ether oxygens (including phenoxy) is 1. The van der Waals surface area contributed by atoms with Crippen molar-refractivity contribution in [2.24, 2.45) is 17.8 Å². The van der Waals surface area contributed by atoms with Gasteiger partial charge in [0.05, 0.1) is 28.5 Å². The first-order chi connectivity index (χ1) is 30.4. The first kappa shape index (κ1) is 42.5. The lowest BCUT2D eigenvalue weighted by Crippen LogP contribution is -2.54. The Balaban J connectivity index is 0.712. The van der Waals surface area contributed by atoms with E-state index >= 15 is 0 Å². The minimum Gasteiger partial charge on any atom is -0.487 e. The maximum atomic E-state index is 13.4. The number of nitriles is 1. The molecule has 1 aromatic heterocycles. The van der Waals surface area contributed by atoms with Crippen LogP contribution in [0.4, 0.5) is 11.6 Å². The van der Waals surface area contributed by atoms with Gasteiger partial charge in [0.2, 0.25) is 17.8 Å². The number of hydrogen-bond donors (Lipinski definition) is 1. The molecule has 2 atom stereocenters. The van der Waals surface area contributed by atoms with E-state index in [1.165, 1.54) is 12.8 Å². The van der Waals surface area contributed by atoms with Crippen LogP contribution in [-0.2, 0) is 21.6 Å². The van der Waals surface area contributed by atoms with Crippen LogP contribution in [0.25, 0.3) is 0 Å². The van der Waals surface area contributed by atoms with Gasteiger partial charge in [0.1, 0.15) is 18.4 Å². The Kier molecular flexibility index (Phi) is 12.0. The molecule has 326 valence electrons. The molecule has 4 saturated heterocycles. The molecular formula is C49H53ClN8O5. The van der Waals surface area contributed by atoms with Gasteiger partial charge in [-0.2, -0.15) is 5.26 Å². The fourth-order valence-corrected chi connectivity index (χ4v) is 10.6. The Morgan fingerprint density at radius 2 is 1.52 bits per heavy atom. The van der Waals surface area contributed by atoms with Crippen LogP contribution >= 0.6 is 11.6 Å². The van der Waals surface area contributed by atoms with Crippen molar-refractivity contribution in [1.82, 2.24) is 25.1 Å². The number of fused-ring (bicyclic) bond motifs is 1. The molecule has 4 aromatic rings. The van der Waals surface area contributed by atoms with Gasteiger partial charge in [-0.25, -0.2) is 9.97 Å². The van der Waals surface area contributed by atoms with Crippen LogP contribution in [0.5, 0.6) is 5.75 Å². The van der Waals surface area contributed by atoms with Crippen molar-refractivity contribution >= 4 is 46.9 Å². The van der Waals surface area contributed by atoms with Gasteiger partial charge in [0, 0.05) is 61.5 Å². The third-order valence-electron chi connectivity index (χ3n) is 14.1. The van der Waals surface area contributed by atoms with Gasteiger partial charge in [0.15, 0.2) is 0 Å². The summed E-state index contributed by atoms with van der Waals surface area (Å²) in [5.41, 5.74) is 4.68. The number of nitrogens with zero attached hydrogens (tertiary/aromatic N) is 7. The summed E-state index contributed by atoms with van der Waals surface area (Å²) in [7, 11) is 0. The number of imide groups is 2. The highest BCUT2D eigenvalue weighted by atomic mass is 35.5. The topological polar surface area (TPSA) is 152 Å². The Hall–Kier alpha value is -5.84. The van der Waals surface area contributed by atoms with Gasteiger partial charge in [-0.15, -0.1) is 0 Å². The maximum absolute atomic E-state index is 13.4. The molecular weight excluding hydrogens is 816 g/mol. The standard InChI is InChI=1S/C49H53ClN8O5/c1-49(2,36-23-32(27-51)24-37(50)25-36)35-3-6-40(7-4-35)63-30-38-11-17-52-48(53-38)57-20-12-31(29-57)28-55-18-13-33(14-19-55)34-15-21-56(22-16-34)39-5-8-41-42(26-39)47(62)58(46(41)61)43-9-10-44(59)54-45(43)60/h3-8,11,17,23-26,31,33-34,43H,9-10,12-16,18-22,28-30H2,1-2H3,(H,54,59,60). The minimum atomic E-state index is -0.959. The monoisotopic (exact) mass is 868 g/mol. The second-order valence-corrected chi connectivity index (χ2v) is 18.8. The Bertz CT molecular complexity index is 2450. The predicted molar refractivity (Wildman–Crippen MR) is 239 cm³/mol. The van der Waals surface area contributed by atoms with E-state index in [9.17, 15) is 24.4 Å². The van der Waals surface area contributed by atoms with Gasteiger partial charge in [-0.3, -0.25) is 29.4 Å². The largest absolute Gasteiger partial charge is 0.487 e. The van der Waals surface area contributed by atoms with Crippen molar-refractivity contribution in [3.05, 3.63) is 111 Å². The number of carbonyl (C=O) groups excluding carboxylic acids is 4. The number of nitrogens with one attached hydrogen (secondary N) is 1. The molecule has 0 aliphatic carbocycles. The molecule has 1 N–H and O–H groups in total. The molecule has 3 aromatic carbocycles. The lowest BCUT2D eigenvalue weighted by Gasteiger charge is -2.41. The summed E-state index contributed by atoms with van der Waals surface area (Å²) in [5.74, 6) is 1.55. The van der Waals surface area contributed by atoms with Crippen molar-refractivity contribution < 1.29 is 23.9 Å². The molecule has 63 heavy (non-hydrogen) atoms. The predicted octanol–water partition coefficient (Wildman–Crippen LogP) is 6.76. The smallest absolute Gasteiger partial charge is 0.262 e. The molecule has 4 amide bonds. The number of anilines is 2. The van der Waals surface area contributed by atoms with Crippen molar-refractivity contribution in [2.75, 3.05) is 55.6 Å². The summed E-state index contributed by atoms with van der Waals surface area (Å²) in [6.07, 6.45) is 7.81. The summed E-state index contributed by atoms with van der Waals surface area (Å²) in [6, 6.07) is 22.1. The first-order valence-electron chi connectivity index (χ1n) is 22.3. The third-order valence-corrected chi connectivity index (χ3v) is 14.3. The van der Waals surface area contributed by atoms with Crippen LogP contribution in [0, 0.1) is 29.1 Å². The number of rotatable bonds is 11. The number of piperidine rings is 3. The SMILES string of the molecule is CC(C)(c1ccc(OCc2ccnc(N3CCC(CN4CCC(C5CCN(c6ccc7c(c6)C(=O)N(C6CCC(=O)NC6=O)C7=O)CC5)CC4)C3)n2)cc1)c1cc(Cl)cc(C#N)c1. The fraction of sp³-hybridized carbons (Fsp3) is 0.449. The zero-order valence-corrected chi connectivity index (χ0v) is 36.6. The van der Waals surface area contributed by atoms with E-state index in [0.717, 1.165) is 104 Å². The third kappa shape index (κ3) is 8.89. The Labute approximate surface area is 373 Å². The summed E-state index contributed by atoms with van der Waals surface area (Å²) in [5, 5.41) is 12.2. The summed E-state index contributed by atoms with van der Waals surface area (Å²) < 4.78 is 6.16. The first-order valence-corrected chi connectivity index (χ1v) is 22.7. The normalized spacial score (nSPS) is 21.5. The number of benzene rings is 3. The number of amides is 4. The maximum Gasteiger partial charge on any atom is 0.262 e. The van der Waals surface area contributed by atoms with Gasteiger partial charge in [-0.05, 0) is 135 Å². The molecule has 0 bridgehead atoms. The molecule has 2 unspecified atom stereocenters. The van der Waals surface area contributed by atoms with E-state index in [2.05, 4.69) is 57.0 Å². The van der Waals surface area contributed by atoms with E-state index in [-0.39, 0.29) is 24.2 Å². The minimum absolute atomic E-state index is 0.103. The van der Waals surface area contributed by atoms with E-state index in [1.54, 1.807) is 12.1 Å². The van der Waals surface area contributed by atoms with Gasteiger partial charge in [-0.1, -0.05) is 37.6 Å². The van der Waals surface area contributed by atoms with Crippen molar-refractivity contribution in [3.8, 4) is 11.8 Å². The number of halogens is 1. The quantitative estimate of drug-likeness (QED) is 0.159. The van der Waals surface area contributed by atoms with Crippen molar-refractivity contribution in [1.29, 1.82) is 5.26 Å². The molecule has 0 saturated carbocycles. The van der Waals surface area contributed by atoms with E-state index in [0.29, 0.717) is 46.1 Å². The van der Waals surface area contributed by atoms with Gasteiger partial charge < -0.3 is 19.4 Å². The molecule has 13 nitrogen and oxygen atoms in total. The van der Waals surface area contributed by atoms with Gasteiger partial charge in [0.25, 0.3) is 11.8 Å². The average molecular weight is 869 g/mol. The van der Waals surface area contributed by atoms with Crippen LogP contribution in [0.1, 0.15) is 102 Å². The van der Waals surface area contributed by atoms with Crippen LogP contribution in [0.15, 0.2) is 72.9 Å². The van der Waals surface area contributed by atoms with Gasteiger partial charge >= 0.3 is 0 Å². The summed E-state index contributed by atoms with van der Waals surface area (Å²) in [6.45, 7) is 11.6. The fourth-order valence-electron chi connectivity index (χ4n) is 10.3. The number of aromatic nitrogens is 2. The summed E-state index contributed by atoms with van der Waals surface area (Å²) >= 11 is 6.31. The second kappa shape index (κ2) is 17.7. The molecule has 6 heterocycles. The van der Waals surface area contributed by atoms with Crippen molar-refractivity contribution in [3.63, 3.8) is 0 Å². The highest BCUT2D eigenvalue weighted by Gasteiger charge is 2.45. The number of likely N-dealkylation sites (tertiary alicyclic amines) is 1. The average Bonchev–Trinajstić information content (AvgIpc) is 3.87. The number of hydrogen-bond acceptors (Lipinski definition) is 11. The van der Waals surface area contributed by atoms with E-state index in [1.807, 2.05) is 48.7 Å². The highest BCUT2D eigenvalue weighted by Crippen LogP contribution is 2.38. The van der Waals surface area contributed by atoms with E-state index < -0.39 is 23.8 Å². The summed E-state index contributed by atoms with van der Waals surface area (Å²) in [4.78, 5) is 68.5. The molecule has 0 radical (unpaired) electrons. The Morgan fingerprint density at radius 3 is 2.25 bits per heavy atom. The van der Waals surface area contributed by atoms with E-state index in [4.69, 9.17) is 21.3 Å². The Morgan fingerprint density at radius 1 is 0.810 bits per heavy atom. The molecule has 0 spiro atoms. The molecule has 4 fully saturated rings. The van der Waals surface area contributed by atoms with Crippen LogP contribution in [-0.4, -0.2) is 95.3 Å². The molecule has 5 aliphatic rings. The molecule has 5 aliphatic heterocycles. The lowest BCUT2D eigenvalue weighted by atomic mass is 9.78. The van der Waals surface area contributed by atoms with Crippen LogP contribution in [0.2, 0.25) is 5.02 Å². The molecule has 9 rings (SSSR count). The number of carbonyl (C=O) groups is 4. The zero-order chi connectivity index (χ0) is 43.8. The molecule has 14 heteroatoms.